The van der Waals surface area contributed by atoms with Gasteiger partial charge in [-0.05, 0) is 56.6 Å². The van der Waals surface area contributed by atoms with E-state index in [-0.39, 0.29) is 0 Å². The van der Waals surface area contributed by atoms with Crippen LogP contribution in [0.2, 0.25) is 0 Å². The zero-order valence-corrected chi connectivity index (χ0v) is 11.8. The van der Waals surface area contributed by atoms with Crippen molar-refractivity contribution in [3.05, 3.63) is 34.9 Å². The lowest BCUT2D eigenvalue weighted by molar-refractivity contribution is 0.492. The fourth-order valence-corrected chi connectivity index (χ4v) is 3.28. The summed E-state index contributed by atoms with van der Waals surface area (Å²) >= 11 is 6.53. The molecule has 1 saturated carbocycles. The van der Waals surface area contributed by atoms with E-state index in [1.165, 1.54) is 42.4 Å². The molecule has 1 aromatic carbocycles. The summed E-state index contributed by atoms with van der Waals surface area (Å²) in [5, 5.41) is 0.386. The Balaban J connectivity index is 1.90. The number of benzene rings is 1. The van der Waals surface area contributed by atoms with Crippen molar-refractivity contribution < 1.29 is 0 Å². The molecule has 2 rings (SSSR count). The molecule has 0 aliphatic heterocycles. The third-order valence-corrected chi connectivity index (χ3v) is 4.68. The van der Waals surface area contributed by atoms with Crippen LogP contribution in [-0.4, -0.2) is 5.38 Å². The maximum absolute atomic E-state index is 6.53. The number of rotatable bonds is 4. The number of hydrogen-bond acceptors (Lipinski definition) is 0. The highest BCUT2D eigenvalue weighted by Crippen LogP contribution is 2.32. The van der Waals surface area contributed by atoms with Crippen LogP contribution < -0.4 is 0 Å². The van der Waals surface area contributed by atoms with Crippen LogP contribution in [0.4, 0.5) is 0 Å². The zero-order valence-electron chi connectivity index (χ0n) is 11.0. The number of aryl methyl sites for hydroxylation is 3. The average molecular weight is 251 g/mol. The molecule has 0 amide bonds. The molecule has 0 heterocycles. The summed E-state index contributed by atoms with van der Waals surface area (Å²) < 4.78 is 0. The summed E-state index contributed by atoms with van der Waals surface area (Å²) in [6, 6.07) is 6.73. The molecule has 1 fully saturated rings. The topological polar surface area (TPSA) is 0 Å². The molecule has 0 aromatic heterocycles. The van der Waals surface area contributed by atoms with E-state index in [1.807, 2.05) is 0 Å². The molecule has 17 heavy (non-hydrogen) atoms. The van der Waals surface area contributed by atoms with Gasteiger partial charge in [-0.1, -0.05) is 36.6 Å². The van der Waals surface area contributed by atoms with Gasteiger partial charge in [-0.15, -0.1) is 11.6 Å². The van der Waals surface area contributed by atoms with Crippen LogP contribution in [0.15, 0.2) is 18.2 Å². The van der Waals surface area contributed by atoms with Gasteiger partial charge in [-0.3, -0.25) is 0 Å². The largest absolute Gasteiger partial charge is 0.123 e. The van der Waals surface area contributed by atoms with Gasteiger partial charge in [0.15, 0.2) is 0 Å². The van der Waals surface area contributed by atoms with Gasteiger partial charge in [-0.2, -0.15) is 0 Å². The molecule has 94 valence electrons. The molecule has 1 aromatic rings. The Labute approximate surface area is 110 Å². The van der Waals surface area contributed by atoms with E-state index >= 15 is 0 Å². The highest BCUT2D eigenvalue weighted by Gasteiger charge is 2.22. The lowest BCUT2D eigenvalue weighted by Gasteiger charge is -2.17. The van der Waals surface area contributed by atoms with E-state index in [9.17, 15) is 0 Å². The molecule has 1 heteroatoms. The van der Waals surface area contributed by atoms with Gasteiger partial charge in [-0.25, -0.2) is 0 Å². The van der Waals surface area contributed by atoms with Gasteiger partial charge in [0, 0.05) is 5.38 Å². The first-order valence-electron chi connectivity index (χ1n) is 6.87. The molecule has 0 spiro atoms. The summed E-state index contributed by atoms with van der Waals surface area (Å²) in [7, 11) is 0. The summed E-state index contributed by atoms with van der Waals surface area (Å²) in [5.41, 5.74) is 4.25. The van der Waals surface area contributed by atoms with E-state index in [4.69, 9.17) is 11.6 Å². The molecule has 0 radical (unpaired) electrons. The van der Waals surface area contributed by atoms with Crippen LogP contribution in [0.5, 0.6) is 0 Å². The molecule has 0 saturated heterocycles. The van der Waals surface area contributed by atoms with Gasteiger partial charge in [0.1, 0.15) is 0 Å². The standard InChI is InChI=1S/C16H23Cl/c1-12-7-8-13(2)15(11-12)9-10-16(17)14-5-3-4-6-14/h7-8,11,14,16H,3-6,9-10H2,1-2H3. The number of alkyl halides is 1. The van der Waals surface area contributed by atoms with Gasteiger partial charge in [0.2, 0.25) is 0 Å². The van der Waals surface area contributed by atoms with E-state index < -0.39 is 0 Å². The Hall–Kier alpha value is -0.490. The fraction of sp³-hybridized carbons (Fsp3) is 0.625. The molecule has 0 N–H and O–H groups in total. The monoisotopic (exact) mass is 250 g/mol. The minimum atomic E-state index is 0.386. The van der Waals surface area contributed by atoms with Crippen LogP contribution in [0.1, 0.15) is 48.8 Å². The van der Waals surface area contributed by atoms with Crippen LogP contribution in [-0.2, 0) is 6.42 Å². The van der Waals surface area contributed by atoms with Crippen LogP contribution in [0, 0.1) is 19.8 Å². The average Bonchev–Trinajstić information content (AvgIpc) is 2.83. The Kier molecular flexibility index (Phi) is 4.50. The van der Waals surface area contributed by atoms with E-state index in [1.54, 1.807) is 0 Å². The van der Waals surface area contributed by atoms with Gasteiger partial charge in [0.05, 0.1) is 0 Å². The normalized spacial score (nSPS) is 18.5. The molecule has 1 unspecified atom stereocenters. The van der Waals surface area contributed by atoms with Crippen molar-refractivity contribution in [3.63, 3.8) is 0 Å². The SMILES string of the molecule is Cc1ccc(C)c(CCC(Cl)C2CCCC2)c1. The predicted molar refractivity (Wildman–Crippen MR) is 75.8 cm³/mol. The van der Waals surface area contributed by atoms with E-state index in [0.29, 0.717) is 5.38 Å². The molecule has 1 atom stereocenters. The molecular formula is C16H23Cl. The second kappa shape index (κ2) is 5.91. The Morgan fingerprint density at radius 1 is 1.24 bits per heavy atom. The van der Waals surface area contributed by atoms with Crippen LogP contribution in [0.25, 0.3) is 0 Å². The Bertz CT molecular complexity index is 364. The maximum Gasteiger partial charge on any atom is 0.0367 e. The van der Waals surface area contributed by atoms with E-state index in [2.05, 4.69) is 32.0 Å². The minimum Gasteiger partial charge on any atom is -0.123 e. The number of hydrogen-bond donors (Lipinski definition) is 0. The third kappa shape index (κ3) is 3.48. The lowest BCUT2D eigenvalue weighted by Crippen LogP contribution is -2.12. The van der Waals surface area contributed by atoms with Crippen molar-refractivity contribution >= 4 is 11.6 Å². The first-order valence-corrected chi connectivity index (χ1v) is 7.30. The molecular weight excluding hydrogens is 228 g/mol. The quantitative estimate of drug-likeness (QED) is 0.658. The maximum atomic E-state index is 6.53. The molecule has 1 aliphatic carbocycles. The van der Waals surface area contributed by atoms with E-state index in [0.717, 1.165) is 18.8 Å². The van der Waals surface area contributed by atoms with Crippen molar-refractivity contribution in [3.8, 4) is 0 Å². The van der Waals surface area contributed by atoms with Gasteiger partial charge >= 0.3 is 0 Å². The Morgan fingerprint density at radius 2 is 1.94 bits per heavy atom. The summed E-state index contributed by atoms with van der Waals surface area (Å²) in [6.07, 6.45) is 7.74. The minimum absolute atomic E-state index is 0.386. The lowest BCUT2D eigenvalue weighted by atomic mass is 9.95. The van der Waals surface area contributed by atoms with Gasteiger partial charge < -0.3 is 0 Å². The van der Waals surface area contributed by atoms with Gasteiger partial charge in [0.25, 0.3) is 0 Å². The first-order chi connectivity index (χ1) is 8.16. The molecule has 1 aliphatic rings. The summed E-state index contributed by atoms with van der Waals surface area (Å²) in [4.78, 5) is 0. The summed E-state index contributed by atoms with van der Waals surface area (Å²) in [6.45, 7) is 4.37. The number of halogens is 1. The molecule has 0 nitrogen and oxygen atoms in total. The van der Waals surface area contributed by atoms with Crippen molar-refractivity contribution in [1.29, 1.82) is 0 Å². The second-order valence-electron chi connectivity index (χ2n) is 5.53. The first kappa shape index (κ1) is 13.0. The molecule has 0 bridgehead atoms. The highest BCUT2D eigenvalue weighted by molar-refractivity contribution is 6.20. The zero-order chi connectivity index (χ0) is 12.3. The van der Waals surface area contributed by atoms with Crippen LogP contribution in [0.3, 0.4) is 0 Å². The van der Waals surface area contributed by atoms with Crippen LogP contribution >= 0.6 is 11.6 Å². The second-order valence-corrected chi connectivity index (χ2v) is 6.09. The van der Waals surface area contributed by atoms with Crippen molar-refractivity contribution in [2.24, 2.45) is 5.92 Å². The fourth-order valence-electron chi connectivity index (χ4n) is 2.92. The third-order valence-electron chi connectivity index (χ3n) is 4.11. The van der Waals surface area contributed by atoms with Crippen molar-refractivity contribution in [2.75, 3.05) is 0 Å². The van der Waals surface area contributed by atoms with Crippen molar-refractivity contribution in [2.45, 2.75) is 57.7 Å². The summed E-state index contributed by atoms with van der Waals surface area (Å²) in [5.74, 6) is 0.779. The highest BCUT2D eigenvalue weighted by atomic mass is 35.5. The smallest absolute Gasteiger partial charge is 0.0367 e. The predicted octanol–water partition coefficient (Wildman–Crippen LogP) is 5.03. The Morgan fingerprint density at radius 3 is 2.65 bits per heavy atom. The van der Waals surface area contributed by atoms with Crippen molar-refractivity contribution in [1.82, 2.24) is 0 Å².